The van der Waals surface area contributed by atoms with E-state index in [0.29, 0.717) is 17.3 Å². The second-order valence-electron chi connectivity index (χ2n) is 3.61. The minimum absolute atomic E-state index is 0.188. The molecule has 0 saturated carbocycles. The summed E-state index contributed by atoms with van der Waals surface area (Å²) in [7, 11) is 0. The highest BCUT2D eigenvalue weighted by molar-refractivity contribution is 6.31. The van der Waals surface area contributed by atoms with Crippen molar-refractivity contribution in [3.8, 4) is 11.5 Å². The van der Waals surface area contributed by atoms with Crippen LogP contribution in [0.4, 0.5) is 8.78 Å². The van der Waals surface area contributed by atoms with Crippen LogP contribution < -0.4 is 10.5 Å². The first-order valence-corrected chi connectivity index (χ1v) is 5.60. The number of halogens is 3. The molecule has 2 nitrogen and oxygen atoms in total. The molecule has 0 unspecified atom stereocenters. The number of benzene rings is 2. The van der Waals surface area contributed by atoms with Crippen molar-refractivity contribution < 1.29 is 13.5 Å². The minimum Gasteiger partial charge on any atom is -0.454 e. The molecule has 2 aromatic rings. The highest BCUT2D eigenvalue weighted by atomic mass is 35.5. The Labute approximate surface area is 108 Å². The van der Waals surface area contributed by atoms with Crippen LogP contribution in [0.1, 0.15) is 5.56 Å². The lowest BCUT2D eigenvalue weighted by molar-refractivity contribution is 0.416. The van der Waals surface area contributed by atoms with E-state index in [4.69, 9.17) is 22.1 Å². The van der Waals surface area contributed by atoms with Gasteiger partial charge in [0, 0.05) is 11.6 Å². The van der Waals surface area contributed by atoms with Crippen LogP contribution in [0, 0.1) is 11.6 Å². The van der Waals surface area contributed by atoms with Crippen LogP contribution in [0.5, 0.6) is 11.5 Å². The van der Waals surface area contributed by atoms with Crippen LogP contribution in [0.3, 0.4) is 0 Å². The zero-order valence-electron chi connectivity index (χ0n) is 9.29. The van der Waals surface area contributed by atoms with Crippen molar-refractivity contribution in [1.29, 1.82) is 0 Å². The van der Waals surface area contributed by atoms with E-state index in [9.17, 15) is 8.78 Å². The Hall–Kier alpha value is -1.65. The number of rotatable bonds is 3. The summed E-state index contributed by atoms with van der Waals surface area (Å²) in [6.07, 6.45) is 0. The highest BCUT2D eigenvalue weighted by Crippen LogP contribution is 2.29. The van der Waals surface area contributed by atoms with Crippen LogP contribution in [0.2, 0.25) is 5.02 Å². The summed E-state index contributed by atoms with van der Waals surface area (Å²) in [4.78, 5) is 0. The van der Waals surface area contributed by atoms with Crippen LogP contribution >= 0.6 is 11.6 Å². The molecular weight excluding hydrogens is 260 g/mol. The molecule has 0 fully saturated rings. The summed E-state index contributed by atoms with van der Waals surface area (Å²) in [5.74, 6) is -1.86. The molecule has 2 aromatic carbocycles. The van der Waals surface area contributed by atoms with Gasteiger partial charge in [0.25, 0.3) is 0 Å². The Kier molecular flexibility index (Phi) is 3.79. The number of hydrogen-bond donors (Lipinski definition) is 1. The lowest BCUT2D eigenvalue weighted by atomic mass is 10.2. The predicted molar refractivity (Wildman–Crippen MR) is 65.8 cm³/mol. The first-order valence-electron chi connectivity index (χ1n) is 5.22. The van der Waals surface area contributed by atoms with Crippen LogP contribution in [0.15, 0.2) is 36.4 Å². The SMILES string of the molecule is NCc1ccc(Oc2cccc(F)c2F)cc1Cl. The molecule has 0 aliphatic rings. The van der Waals surface area contributed by atoms with E-state index in [-0.39, 0.29) is 5.75 Å². The van der Waals surface area contributed by atoms with Gasteiger partial charge in [0.1, 0.15) is 5.75 Å². The zero-order valence-corrected chi connectivity index (χ0v) is 10.0. The van der Waals surface area contributed by atoms with E-state index in [1.807, 2.05) is 0 Å². The van der Waals surface area contributed by atoms with Gasteiger partial charge >= 0.3 is 0 Å². The molecule has 0 aliphatic carbocycles. The molecule has 2 N–H and O–H groups in total. The first-order chi connectivity index (χ1) is 8.61. The Morgan fingerprint density at radius 2 is 1.94 bits per heavy atom. The van der Waals surface area contributed by atoms with Gasteiger partial charge in [-0.3, -0.25) is 0 Å². The lowest BCUT2D eigenvalue weighted by Gasteiger charge is -2.08. The highest BCUT2D eigenvalue weighted by Gasteiger charge is 2.10. The molecule has 94 valence electrons. The van der Waals surface area contributed by atoms with Crippen molar-refractivity contribution in [3.05, 3.63) is 58.6 Å². The molecule has 0 aromatic heterocycles. The first kappa shape index (κ1) is 12.8. The number of hydrogen-bond acceptors (Lipinski definition) is 2. The molecule has 0 spiro atoms. The fraction of sp³-hybridized carbons (Fsp3) is 0.0769. The summed E-state index contributed by atoms with van der Waals surface area (Å²) < 4.78 is 31.6. The van der Waals surface area contributed by atoms with E-state index in [1.54, 1.807) is 12.1 Å². The fourth-order valence-corrected chi connectivity index (χ4v) is 1.69. The smallest absolute Gasteiger partial charge is 0.201 e. The summed E-state index contributed by atoms with van der Waals surface area (Å²) >= 11 is 5.94. The van der Waals surface area contributed by atoms with E-state index in [1.165, 1.54) is 18.2 Å². The third-order valence-corrected chi connectivity index (χ3v) is 2.74. The molecule has 0 radical (unpaired) electrons. The van der Waals surface area contributed by atoms with Gasteiger partial charge < -0.3 is 10.5 Å². The maximum Gasteiger partial charge on any atom is 0.201 e. The van der Waals surface area contributed by atoms with Crippen molar-refractivity contribution in [2.24, 2.45) is 5.73 Å². The summed E-state index contributed by atoms with van der Waals surface area (Å²) in [6, 6.07) is 8.50. The second kappa shape index (κ2) is 5.33. The van der Waals surface area contributed by atoms with E-state index in [0.717, 1.165) is 11.6 Å². The third kappa shape index (κ3) is 2.60. The van der Waals surface area contributed by atoms with E-state index in [2.05, 4.69) is 0 Å². The monoisotopic (exact) mass is 269 g/mol. The van der Waals surface area contributed by atoms with Gasteiger partial charge in [0.2, 0.25) is 5.82 Å². The minimum atomic E-state index is -1.03. The van der Waals surface area contributed by atoms with Gasteiger partial charge in [-0.15, -0.1) is 0 Å². The molecule has 2 rings (SSSR count). The van der Waals surface area contributed by atoms with E-state index < -0.39 is 11.6 Å². The van der Waals surface area contributed by atoms with Crippen molar-refractivity contribution in [3.63, 3.8) is 0 Å². The molecule has 0 saturated heterocycles. The maximum absolute atomic E-state index is 13.4. The Balaban J connectivity index is 2.29. The zero-order chi connectivity index (χ0) is 13.1. The number of ether oxygens (including phenoxy) is 1. The van der Waals surface area contributed by atoms with Crippen molar-refractivity contribution in [1.82, 2.24) is 0 Å². The van der Waals surface area contributed by atoms with Gasteiger partial charge in [-0.1, -0.05) is 23.7 Å². The maximum atomic E-state index is 13.4. The molecule has 0 amide bonds. The van der Waals surface area contributed by atoms with Gasteiger partial charge in [-0.2, -0.15) is 4.39 Å². The molecule has 0 aliphatic heterocycles. The van der Waals surface area contributed by atoms with Gasteiger partial charge in [0.15, 0.2) is 11.6 Å². The quantitative estimate of drug-likeness (QED) is 0.918. The van der Waals surface area contributed by atoms with Gasteiger partial charge in [-0.05, 0) is 29.8 Å². The molecular formula is C13H10ClF2NO. The van der Waals surface area contributed by atoms with Gasteiger partial charge in [-0.25, -0.2) is 4.39 Å². The van der Waals surface area contributed by atoms with Crippen LogP contribution in [-0.2, 0) is 6.54 Å². The Bertz CT molecular complexity index is 575. The largest absolute Gasteiger partial charge is 0.454 e. The lowest BCUT2D eigenvalue weighted by Crippen LogP contribution is -1.97. The predicted octanol–water partition coefficient (Wildman–Crippen LogP) is 3.87. The summed E-state index contributed by atoms with van der Waals surface area (Å²) in [5, 5.41) is 0.423. The average molecular weight is 270 g/mol. The third-order valence-electron chi connectivity index (χ3n) is 2.39. The standard InChI is InChI=1S/C13H10ClF2NO/c14-10-6-9(5-4-8(10)7-17)18-12-3-1-2-11(15)13(12)16/h1-6H,7,17H2. The molecule has 0 atom stereocenters. The summed E-state index contributed by atoms with van der Waals surface area (Å²) in [5.41, 5.74) is 6.22. The molecule has 5 heteroatoms. The number of nitrogens with two attached hydrogens (primary N) is 1. The fourth-order valence-electron chi connectivity index (χ4n) is 1.45. The summed E-state index contributed by atoms with van der Waals surface area (Å²) in [6.45, 7) is 0.299. The van der Waals surface area contributed by atoms with E-state index >= 15 is 0 Å². The van der Waals surface area contributed by atoms with Crippen molar-refractivity contribution in [2.75, 3.05) is 0 Å². The van der Waals surface area contributed by atoms with Crippen LogP contribution in [0.25, 0.3) is 0 Å². The molecule has 0 heterocycles. The van der Waals surface area contributed by atoms with Gasteiger partial charge in [0.05, 0.1) is 0 Å². The molecule has 0 bridgehead atoms. The van der Waals surface area contributed by atoms with Crippen LogP contribution in [-0.4, -0.2) is 0 Å². The Morgan fingerprint density at radius 1 is 1.17 bits per heavy atom. The normalized spacial score (nSPS) is 10.4. The van der Waals surface area contributed by atoms with Crippen molar-refractivity contribution >= 4 is 11.6 Å². The Morgan fingerprint density at radius 3 is 2.61 bits per heavy atom. The second-order valence-corrected chi connectivity index (χ2v) is 4.02. The van der Waals surface area contributed by atoms with Crippen molar-refractivity contribution in [2.45, 2.75) is 6.54 Å². The topological polar surface area (TPSA) is 35.2 Å². The molecule has 18 heavy (non-hydrogen) atoms. The average Bonchev–Trinajstić information content (AvgIpc) is 2.35.